The Morgan fingerprint density at radius 3 is 2.60 bits per heavy atom. The highest BCUT2D eigenvalue weighted by atomic mass is 32.1. The summed E-state index contributed by atoms with van der Waals surface area (Å²) in [6, 6.07) is 7.88. The lowest BCUT2D eigenvalue weighted by molar-refractivity contribution is -0.114. The molecule has 1 aromatic heterocycles. The van der Waals surface area contributed by atoms with Gasteiger partial charge >= 0.3 is 0 Å². The number of benzene rings is 1. The number of thiazole rings is 1. The molecular weight excluding hydrogens is 334 g/mol. The van der Waals surface area contributed by atoms with Gasteiger partial charge in [-0.25, -0.2) is 9.98 Å². The molecule has 0 aliphatic heterocycles. The van der Waals surface area contributed by atoms with E-state index in [0.717, 1.165) is 36.2 Å². The number of rotatable bonds is 7. The Balaban J connectivity index is 1.83. The first-order valence-electron chi connectivity index (χ1n) is 8.37. The third-order valence-corrected chi connectivity index (χ3v) is 4.26. The minimum atomic E-state index is -0.0589. The van der Waals surface area contributed by atoms with E-state index in [9.17, 15) is 4.79 Å². The Hall–Kier alpha value is -2.41. The van der Waals surface area contributed by atoms with Gasteiger partial charge in [0.15, 0.2) is 5.96 Å². The van der Waals surface area contributed by atoms with Crippen molar-refractivity contribution in [1.29, 1.82) is 0 Å². The molecule has 1 amide bonds. The quantitative estimate of drug-likeness (QED) is 0.525. The number of nitrogens with one attached hydrogen (secondary N) is 3. The highest BCUT2D eigenvalue weighted by Crippen LogP contribution is 2.12. The Labute approximate surface area is 152 Å². The average molecular weight is 359 g/mol. The first-order valence-corrected chi connectivity index (χ1v) is 9.18. The van der Waals surface area contributed by atoms with E-state index in [2.05, 4.69) is 25.9 Å². The van der Waals surface area contributed by atoms with Crippen LogP contribution in [0.2, 0.25) is 0 Å². The van der Waals surface area contributed by atoms with Crippen LogP contribution in [-0.4, -0.2) is 29.9 Å². The molecule has 0 saturated heterocycles. The van der Waals surface area contributed by atoms with Gasteiger partial charge in [0.2, 0.25) is 5.91 Å². The number of hydrogen-bond donors (Lipinski definition) is 3. The van der Waals surface area contributed by atoms with Crippen molar-refractivity contribution in [3.05, 3.63) is 45.9 Å². The Morgan fingerprint density at radius 2 is 2.00 bits per heavy atom. The van der Waals surface area contributed by atoms with Crippen molar-refractivity contribution in [2.75, 3.05) is 18.4 Å². The third kappa shape index (κ3) is 6.93. The number of anilines is 1. The van der Waals surface area contributed by atoms with Crippen molar-refractivity contribution >= 4 is 28.9 Å². The number of carbonyl (C=O) groups is 1. The van der Waals surface area contributed by atoms with Crippen LogP contribution in [0.5, 0.6) is 0 Å². The smallest absolute Gasteiger partial charge is 0.221 e. The van der Waals surface area contributed by atoms with Crippen molar-refractivity contribution in [1.82, 2.24) is 15.6 Å². The summed E-state index contributed by atoms with van der Waals surface area (Å²) >= 11 is 1.67. The Morgan fingerprint density at radius 1 is 1.24 bits per heavy atom. The van der Waals surface area contributed by atoms with Crippen molar-refractivity contribution in [2.24, 2.45) is 4.99 Å². The van der Waals surface area contributed by atoms with Crippen molar-refractivity contribution in [3.63, 3.8) is 0 Å². The zero-order valence-corrected chi connectivity index (χ0v) is 15.7. The lowest BCUT2D eigenvalue weighted by atomic mass is 10.1. The second kappa shape index (κ2) is 9.78. The van der Waals surface area contributed by atoms with Gasteiger partial charge < -0.3 is 16.0 Å². The molecule has 0 bridgehead atoms. The van der Waals surface area contributed by atoms with Gasteiger partial charge in [0.05, 0.1) is 6.54 Å². The van der Waals surface area contributed by atoms with Gasteiger partial charge in [0.1, 0.15) is 5.01 Å². The van der Waals surface area contributed by atoms with E-state index in [4.69, 9.17) is 0 Å². The highest BCUT2D eigenvalue weighted by Gasteiger charge is 2.01. The maximum Gasteiger partial charge on any atom is 0.221 e. The van der Waals surface area contributed by atoms with Crippen LogP contribution in [0, 0.1) is 6.92 Å². The van der Waals surface area contributed by atoms with Crippen LogP contribution >= 0.6 is 11.3 Å². The molecule has 1 heterocycles. The zero-order chi connectivity index (χ0) is 18.1. The number of aromatic nitrogens is 1. The van der Waals surface area contributed by atoms with Crippen molar-refractivity contribution in [3.8, 4) is 0 Å². The van der Waals surface area contributed by atoms with E-state index in [1.807, 2.05) is 44.3 Å². The summed E-state index contributed by atoms with van der Waals surface area (Å²) in [5, 5.41) is 10.4. The molecule has 0 saturated carbocycles. The number of nitrogens with zero attached hydrogens (tertiary/aromatic N) is 2. The fourth-order valence-corrected chi connectivity index (χ4v) is 2.96. The minimum Gasteiger partial charge on any atom is -0.357 e. The molecular formula is C18H25N5OS. The molecule has 0 radical (unpaired) electrons. The van der Waals surface area contributed by atoms with E-state index in [-0.39, 0.29) is 5.91 Å². The second-order valence-electron chi connectivity index (χ2n) is 5.61. The number of carbonyl (C=O) groups excluding carboxylic acids is 1. The molecule has 0 spiro atoms. The zero-order valence-electron chi connectivity index (χ0n) is 14.9. The van der Waals surface area contributed by atoms with Gasteiger partial charge in [0, 0.05) is 36.8 Å². The number of aryl methyl sites for hydroxylation is 1. The molecule has 3 N–H and O–H groups in total. The summed E-state index contributed by atoms with van der Waals surface area (Å²) in [5.41, 5.74) is 2.02. The summed E-state index contributed by atoms with van der Waals surface area (Å²) in [6.45, 7) is 7.78. The summed E-state index contributed by atoms with van der Waals surface area (Å²) < 4.78 is 0. The van der Waals surface area contributed by atoms with Crippen molar-refractivity contribution < 1.29 is 4.79 Å². The van der Waals surface area contributed by atoms with Crippen LogP contribution < -0.4 is 16.0 Å². The van der Waals surface area contributed by atoms with Crippen LogP contribution in [0.25, 0.3) is 0 Å². The van der Waals surface area contributed by atoms with E-state index in [1.54, 1.807) is 11.3 Å². The van der Waals surface area contributed by atoms with Crippen molar-refractivity contribution in [2.45, 2.75) is 33.7 Å². The highest BCUT2D eigenvalue weighted by molar-refractivity contribution is 7.11. The normalized spacial score (nSPS) is 11.2. The van der Waals surface area contributed by atoms with E-state index < -0.39 is 0 Å². The van der Waals surface area contributed by atoms with Crippen LogP contribution in [0.15, 0.2) is 35.5 Å². The molecule has 1 aromatic carbocycles. The van der Waals surface area contributed by atoms with Gasteiger partial charge in [-0.1, -0.05) is 12.1 Å². The standard InChI is InChI=1S/C18H25N5OS/c1-4-19-18(22-12-17-21-11-13(2)25-17)20-10-9-15-5-7-16(8-6-15)23-14(3)24/h5-8,11H,4,9-10,12H2,1-3H3,(H,23,24)(H2,19,20,22). The molecule has 0 atom stereocenters. The number of hydrogen-bond acceptors (Lipinski definition) is 4. The van der Waals surface area contributed by atoms with Gasteiger partial charge in [-0.15, -0.1) is 11.3 Å². The molecule has 2 rings (SSSR count). The Bertz CT molecular complexity index is 709. The summed E-state index contributed by atoms with van der Waals surface area (Å²) in [4.78, 5) is 21.1. The van der Waals surface area contributed by atoms with Crippen LogP contribution in [0.3, 0.4) is 0 Å². The number of aliphatic imine (C=N–C) groups is 1. The molecule has 7 heteroatoms. The van der Waals surface area contributed by atoms with E-state index in [1.165, 1.54) is 17.4 Å². The van der Waals surface area contributed by atoms with Gasteiger partial charge in [-0.2, -0.15) is 0 Å². The maximum absolute atomic E-state index is 11.0. The molecule has 25 heavy (non-hydrogen) atoms. The first kappa shape index (κ1) is 18.9. The SMILES string of the molecule is CCNC(=NCc1ncc(C)s1)NCCc1ccc(NC(C)=O)cc1. The summed E-state index contributed by atoms with van der Waals surface area (Å²) in [5.74, 6) is 0.738. The van der Waals surface area contributed by atoms with Crippen LogP contribution in [0.4, 0.5) is 5.69 Å². The molecule has 134 valence electrons. The summed E-state index contributed by atoms with van der Waals surface area (Å²) in [7, 11) is 0. The lowest BCUT2D eigenvalue weighted by Gasteiger charge is -2.11. The molecule has 0 aliphatic rings. The number of guanidine groups is 1. The minimum absolute atomic E-state index is 0.0589. The fourth-order valence-electron chi connectivity index (χ4n) is 2.25. The average Bonchev–Trinajstić information content (AvgIpc) is 2.99. The lowest BCUT2D eigenvalue weighted by Crippen LogP contribution is -2.38. The van der Waals surface area contributed by atoms with Gasteiger partial charge in [-0.3, -0.25) is 4.79 Å². The predicted octanol–water partition coefficient (Wildman–Crippen LogP) is 2.71. The molecule has 0 fully saturated rings. The molecule has 0 aliphatic carbocycles. The fraction of sp³-hybridized carbons (Fsp3) is 0.389. The topological polar surface area (TPSA) is 78.4 Å². The monoisotopic (exact) mass is 359 g/mol. The van der Waals surface area contributed by atoms with Gasteiger partial charge in [-0.05, 0) is 38.0 Å². The number of amides is 1. The third-order valence-electron chi connectivity index (χ3n) is 3.37. The van der Waals surface area contributed by atoms with Gasteiger partial charge in [0.25, 0.3) is 0 Å². The Kier molecular flexibility index (Phi) is 7.40. The maximum atomic E-state index is 11.0. The molecule has 6 nitrogen and oxygen atoms in total. The van der Waals surface area contributed by atoms with Crippen LogP contribution in [-0.2, 0) is 17.8 Å². The second-order valence-corrected chi connectivity index (χ2v) is 6.93. The van der Waals surface area contributed by atoms with E-state index in [0.29, 0.717) is 6.54 Å². The first-order chi connectivity index (χ1) is 12.1. The van der Waals surface area contributed by atoms with Crippen LogP contribution in [0.1, 0.15) is 29.3 Å². The predicted molar refractivity (Wildman–Crippen MR) is 104 cm³/mol. The largest absolute Gasteiger partial charge is 0.357 e. The molecule has 0 unspecified atom stereocenters. The molecule has 2 aromatic rings. The van der Waals surface area contributed by atoms with E-state index >= 15 is 0 Å². The summed E-state index contributed by atoms with van der Waals surface area (Å²) in [6.07, 6.45) is 2.75.